The number of amides is 1. The molecule has 5 nitrogen and oxygen atoms in total. The van der Waals surface area contributed by atoms with Crippen LogP contribution in [0.2, 0.25) is 0 Å². The standard InChI is InChI=1S/C32H39F3N2O3/c1-4-19-37(3)31(38)24-13-17-26(18-14-24)36-30(23-9-7-6-8-10-23)27-20-28(40-29(27)21-39-5-2)22-11-15-25(16-12-22)32(33,34)35/h11-18,20,23,30,36H,4-10,19,21H2,1-3H3. The summed E-state index contributed by atoms with van der Waals surface area (Å²) in [6.07, 6.45) is 2.12. The van der Waals surface area contributed by atoms with Gasteiger partial charge in [-0.2, -0.15) is 13.2 Å². The van der Waals surface area contributed by atoms with E-state index in [0.29, 0.717) is 41.7 Å². The summed E-state index contributed by atoms with van der Waals surface area (Å²) < 4.78 is 51.3. The largest absolute Gasteiger partial charge is 0.458 e. The molecule has 4 rings (SSSR count). The number of furan rings is 1. The van der Waals surface area contributed by atoms with Gasteiger partial charge >= 0.3 is 6.18 Å². The van der Waals surface area contributed by atoms with Crippen molar-refractivity contribution in [2.75, 3.05) is 25.5 Å². The quantitative estimate of drug-likeness (QED) is 0.257. The Balaban J connectivity index is 1.66. The fourth-order valence-corrected chi connectivity index (χ4v) is 5.44. The molecule has 1 amide bonds. The Morgan fingerprint density at radius 2 is 1.73 bits per heavy atom. The third kappa shape index (κ3) is 7.27. The molecule has 2 aromatic carbocycles. The molecule has 1 fully saturated rings. The highest BCUT2D eigenvalue weighted by Gasteiger charge is 2.32. The molecule has 8 heteroatoms. The van der Waals surface area contributed by atoms with Crippen molar-refractivity contribution in [3.63, 3.8) is 0 Å². The van der Waals surface area contributed by atoms with E-state index in [-0.39, 0.29) is 18.6 Å². The first-order valence-electron chi connectivity index (χ1n) is 14.2. The number of nitrogens with zero attached hydrogens (tertiary/aromatic N) is 1. The Bertz CT molecular complexity index is 1230. The molecule has 0 saturated heterocycles. The summed E-state index contributed by atoms with van der Waals surface area (Å²) in [5, 5.41) is 3.71. The van der Waals surface area contributed by atoms with E-state index >= 15 is 0 Å². The Kier molecular flexibility index (Phi) is 9.95. The summed E-state index contributed by atoms with van der Waals surface area (Å²) >= 11 is 0. The Morgan fingerprint density at radius 1 is 1.05 bits per heavy atom. The molecule has 0 aliphatic heterocycles. The molecule has 0 radical (unpaired) electrons. The molecule has 0 spiro atoms. The number of carbonyl (C=O) groups is 1. The molecular formula is C32H39F3N2O3. The molecule has 1 aliphatic carbocycles. The fourth-order valence-electron chi connectivity index (χ4n) is 5.44. The van der Waals surface area contributed by atoms with E-state index in [2.05, 4.69) is 5.32 Å². The van der Waals surface area contributed by atoms with Crippen LogP contribution < -0.4 is 5.32 Å². The number of carbonyl (C=O) groups excluding carboxylic acids is 1. The average Bonchev–Trinajstić information content (AvgIpc) is 3.38. The van der Waals surface area contributed by atoms with Crippen LogP contribution in [-0.4, -0.2) is 31.0 Å². The molecule has 1 N–H and O–H groups in total. The summed E-state index contributed by atoms with van der Waals surface area (Å²) in [4.78, 5) is 14.4. The number of benzene rings is 2. The van der Waals surface area contributed by atoms with Crippen molar-refractivity contribution in [1.82, 2.24) is 4.90 Å². The summed E-state index contributed by atoms with van der Waals surface area (Å²) in [5.41, 5.74) is 2.38. The monoisotopic (exact) mass is 556 g/mol. The smallest absolute Gasteiger partial charge is 0.416 e. The van der Waals surface area contributed by atoms with E-state index in [1.807, 2.05) is 51.2 Å². The lowest BCUT2D eigenvalue weighted by atomic mass is 9.81. The minimum Gasteiger partial charge on any atom is -0.458 e. The van der Waals surface area contributed by atoms with Crippen molar-refractivity contribution in [2.45, 2.75) is 71.2 Å². The van der Waals surface area contributed by atoms with Gasteiger partial charge in [-0.3, -0.25) is 4.79 Å². The number of halogens is 3. The van der Waals surface area contributed by atoms with Crippen molar-refractivity contribution in [3.05, 3.63) is 77.0 Å². The molecule has 1 unspecified atom stereocenters. The number of ether oxygens (including phenoxy) is 1. The SMILES string of the molecule is CCCN(C)C(=O)c1ccc(NC(c2cc(-c3ccc(C(F)(F)F)cc3)oc2COCC)C2CCCCC2)cc1. The summed E-state index contributed by atoms with van der Waals surface area (Å²) in [7, 11) is 1.81. The maximum atomic E-state index is 13.1. The Morgan fingerprint density at radius 3 is 2.33 bits per heavy atom. The summed E-state index contributed by atoms with van der Waals surface area (Å²) in [6.45, 7) is 5.44. The second kappa shape index (κ2) is 13.4. The predicted octanol–water partition coefficient (Wildman–Crippen LogP) is 8.72. The molecule has 1 aliphatic rings. The van der Waals surface area contributed by atoms with Crippen LogP contribution in [0.15, 0.2) is 59.0 Å². The second-order valence-electron chi connectivity index (χ2n) is 10.5. The van der Waals surface area contributed by atoms with Crippen molar-refractivity contribution in [3.8, 4) is 11.3 Å². The zero-order valence-corrected chi connectivity index (χ0v) is 23.5. The third-order valence-electron chi connectivity index (χ3n) is 7.59. The van der Waals surface area contributed by atoms with E-state index in [9.17, 15) is 18.0 Å². The highest BCUT2D eigenvalue weighted by Crippen LogP contribution is 2.41. The van der Waals surface area contributed by atoms with Gasteiger partial charge in [0.1, 0.15) is 18.1 Å². The van der Waals surface area contributed by atoms with Gasteiger partial charge in [0, 0.05) is 42.6 Å². The van der Waals surface area contributed by atoms with Gasteiger partial charge in [-0.25, -0.2) is 0 Å². The maximum Gasteiger partial charge on any atom is 0.416 e. The molecule has 40 heavy (non-hydrogen) atoms. The van der Waals surface area contributed by atoms with Gasteiger partial charge in [0.05, 0.1) is 11.6 Å². The van der Waals surface area contributed by atoms with Gasteiger partial charge in [0.25, 0.3) is 5.91 Å². The highest BCUT2D eigenvalue weighted by molar-refractivity contribution is 5.94. The van der Waals surface area contributed by atoms with Gasteiger partial charge in [0.2, 0.25) is 0 Å². The van der Waals surface area contributed by atoms with E-state index in [0.717, 1.165) is 55.5 Å². The van der Waals surface area contributed by atoms with Crippen molar-refractivity contribution < 1.29 is 27.1 Å². The Labute approximate surface area is 234 Å². The van der Waals surface area contributed by atoms with Crippen LogP contribution in [-0.2, 0) is 17.5 Å². The van der Waals surface area contributed by atoms with Gasteiger partial charge < -0.3 is 19.4 Å². The highest BCUT2D eigenvalue weighted by atomic mass is 19.4. The zero-order valence-electron chi connectivity index (χ0n) is 23.5. The lowest BCUT2D eigenvalue weighted by Gasteiger charge is -2.32. The fraction of sp³-hybridized carbons (Fsp3) is 0.469. The topological polar surface area (TPSA) is 54.7 Å². The minimum atomic E-state index is -4.39. The number of nitrogens with one attached hydrogen (secondary N) is 1. The first kappa shape index (κ1) is 29.7. The van der Waals surface area contributed by atoms with Crippen LogP contribution in [0, 0.1) is 5.92 Å². The van der Waals surface area contributed by atoms with E-state index in [4.69, 9.17) is 9.15 Å². The average molecular weight is 557 g/mol. The lowest BCUT2D eigenvalue weighted by molar-refractivity contribution is -0.137. The molecule has 216 valence electrons. The molecule has 3 aromatic rings. The molecule has 1 aromatic heterocycles. The number of hydrogen-bond donors (Lipinski definition) is 1. The van der Waals surface area contributed by atoms with E-state index in [1.165, 1.54) is 18.6 Å². The van der Waals surface area contributed by atoms with Gasteiger partial charge in [-0.05, 0) is 74.6 Å². The lowest BCUT2D eigenvalue weighted by Crippen LogP contribution is -2.27. The van der Waals surface area contributed by atoms with Crippen molar-refractivity contribution in [2.24, 2.45) is 5.92 Å². The number of anilines is 1. The second-order valence-corrected chi connectivity index (χ2v) is 10.5. The van der Waals surface area contributed by atoms with Gasteiger partial charge in [0.15, 0.2) is 0 Å². The normalized spacial score (nSPS) is 15.2. The number of alkyl halides is 3. The van der Waals surface area contributed by atoms with Crippen molar-refractivity contribution in [1.29, 1.82) is 0 Å². The van der Waals surface area contributed by atoms with Crippen LogP contribution >= 0.6 is 0 Å². The predicted molar refractivity (Wildman–Crippen MR) is 151 cm³/mol. The maximum absolute atomic E-state index is 13.1. The minimum absolute atomic E-state index is 0.00718. The third-order valence-corrected chi connectivity index (χ3v) is 7.59. The number of rotatable bonds is 11. The van der Waals surface area contributed by atoms with Crippen LogP contribution in [0.5, 0.6) is 0 Å². The van der Waals surface area contributed by atoms with Gasteiger partial charge in [-0.1, -0.05) is 38.3 Å². The van der Waals surface area contributed by atoms with Crippen LogP contribution in [0.4, 0.5) is 18.9 Å². The van der Waals surface area contributed by atoms with Crippen LogP contribution in [0.1, 0.15) is 85.7 Å². The zero-order chi connectivity index (χ0) is 28.7. The first-order chi connectivity index (χ1) is 19.2. The number of hydrogen-bond acceptors (Lipinski definition) is 4. The van der Waals surface area contributed by atoms with E-state index in [1.54, 1.807) is 4.90 Å². The summed E-state index contributed by atoms with van der Waals surface area (Å²) in [5.74, 6) is 1.53. The molecule has 1 saturated carbocycles. The van der Waals surface area contributed by atoms with Gasteiger partial charge in [-0.15, -0.1) is 0 Å². The molecule has 1 atom stereocenters. The van der Waals surface area contributed by atoms with Crippen LogP contribution in [0.3, 0.4) is 0 Å². The molecule has 1 heterocycles. The van der Waals surface area contributed by atoms with E-state index < -0.39 is 11.7 Å². The first-order valence-corrected chi connectivity index (χ1v) is 14.2. The Hall–Kier alpha value is -3.26. The summed E-state index contributed by atoms with van der Waals surface area (Å²) in [6, 6.07) is 14.5. The molecular weight excluding hydrogens is 517 g/mol. The van der Waals surface area contributed by atoms with Crippen molar-refractivity contribution >= 4 is 11.6 Å². The van der Waals surface area contributed by atoms with Crippen LogP contribution in [0.25, 0.3) is 11.3 Å². The molecule has 0 bridgehead atoms.